The molecule has 2 aromatic carbocycles. The van der Waals surface area contributed by atoms with Gasteiger partial charge >= 0.3 is 11.9 Å². The van der Waals surface area contributed by atoms with E-state index < -0.39 is 0 Å². The zero-order valence-corrected chi connectivity index (χ0v) is 12.4. The first-order chi connectivity index (χ1) is 10.7. The Kier molecular flexibility index (Phi) is 7.76. The van der Waals surface area contributed by atoms with Gasteiger partial charge in [0.05, 0.1) is 24.0 Å². The average molecular weight is 298 g/mol. The van der Waals surface area contributed by atoms with Gasteiger partial charge in [-0.1, -0.05) is 43.0 Å². The Hall–Kier alpha value is -2.88. The maximum absolute atomic E-state index is 11.0. The molecule has 0 aromatic heterocycles. The molecule has 0 saturated heterocycles. The zero-order chi connectivity index (χ0) is 16.2. The van der Waals surface area contributed by atoms with E-state index >= 15 is 0 Å². The van der Waals surface area contributed by atoms with Gasteiger partial charge in [0, 0.05) is 0 Å². The molecule has 4 nitrogen and oxygen atoms in total. The number of esters is 2. The summed E-state index contributed by atoms with van der Waals surface area (Å²) in [6.07, 6.45) is 1.12. The van der Waals surface area contributed by atoms with Gasteiger partial charge in [0.1, 0.15) is 0 Å². The van der Waals surface area contributed by atoms with Gasteiger partial charge in [0.2, 0.25) is 0 Å². The normalized spacial score (nSPS) is 8.95. The molecule has 0 unspecified atom stereocenters. The van der Waals surface area contributed by atoms with Crippen LogP contribution in [0.25, 0.3) is 0 Å². The maximum atomic E-state index is 11.0. The van der Waals surface area contributed by atoms with Crippen LogP contribution in [0, 0.1) is 0 Å². The smallest absolute Gasteiger partial charge is 0.342 e. The molecule has 0 aliphatic heterocycles. The van der Waals surface area contributed by atoms with Crippen molar-refractivity contribution in [1.82, 2.24) is 0 Å². The topological polar surface area (TPSA) is 52.6 Å². The molecule has 2 rings (SSSR count). The summed E-state index contributed by atoms with van der Waals surface area (Å²) < 4.78 is 9.34. The first-order valence-corrected chi connectivity index (χ1v) is 6.78. The Labute approximate surface area is 130 Å². The van der Waals surface area contributed by atoms with Gasteiger partial charge in [-0.05, 0) is 31.2 Å². The lowest BCUT2D eigenvalue weighted by Gasteiger charge is -1.99. The Morgan fingerprint density at radius 3 is 1.77 bits per heavy atom. The lowest BCUT2D eigenvalue weighted by molar-refractivity contribution is 0.0525. The van der Waals surface area contributed by atoms with Crippen molar-refractivity contribution in [1.29, 1.82) is 0 Å². The Morgan fingerprint density at radius 2 is 1.36 bits per heavy atom. The summed E-state index contributed by atoms with van der Waals surface area (Å²) in [4.78, 5) is 22.0. The minimum atomic E-state index is -0.374. The van der Waals surface area contributed by atoms with Crippen molar-refractivity contribution >= 4 is 11.9 Å². The van der Waals surface area contributed by atoms with Crippen LogP contribution < -0.4 is 0 Å². The van der Waals surface area contributed by atoms with Gasteiger partial charge < -0.3 is 9.47 Å². The molecule has 22 heavy (non-hydrogen) atoms. The van der Waals surface area contributed by atoms with Crippen LogP contribution in [0.1, 0.15) is 27.6 Å². The first-order valence-electron chi connectivity index (χ1n) is 6.78. The summed E-state index contributed by atoms with van der Waals surface area (Å²) in [6.45, 7) is 5.50. The molecular weight excluding hydrogens is 280 g/mol. The van der Waals surface area contributed by atoms with Gasteiger partial charge in [-0.2, -0.15) is 0 Å². The highest BCUT2D eigenvalue weighted by Gasteiger charge is 2.02. The second-order valence-electron chi connectivity index (χ2n) is 4.02. The third-order valence-corrected chi connectivity index (χ3v) is 2.48. The number of benzene rings is 2. The van der Waals surface area contributed by atoms with Crippen molar-refractivity contribution in [2.45, 2.75) is 6.92 Å². The fourth-order valence-corrected chi connectivity index (χ4v) is 1.51. The highest BCUT2D eigenvalue weighted by Crippen LogP contribution is 2.00. The van der Waals surface area contributed by atoms with Gasteiger partial charge in [0.15, 0.2) is 0 Å². The summed E-state index contributed by atoms with van der Waals surface area (Å²) in [5, 5.41) is 0. The Balaban J connectivity index is 0.000000220. The molecule has 0 spiro atoms. The summed E-state index contributed by atoms with van der Waals surface area (Å²) in [5.74, 6) is -0.631. The zero-order valence-electron chi connectivity index (χ0n) is 12.4. The van der Waals surface area contributed by atoms with Crippen LogP contribution in [0.15, 0.2) is 73.5 Å². The lowest BCUT2D eigenvalue weighted by atomic mass is 10.2. The van der Waals surface area contributed by atoms with Crippen LogP contribution in [0.3, 0.4) is 0 Å². The van der Waals surface area contributed by atoms with E-state index in [1.165, 1.54) is 0 Å². The summed E-state index contributed by atoms with van der Waals surface area (Å²) in [5.41, 5.74) is 1.14. The quantitative estimate of drug-likeness (QED) is 0.635. The van der Waals surface area contributed by atoms with E-state index in [0.717, 1.165) is 6.26 Å². The second kappa shape index (κ2) is 9.94. The number of carbonyl (C=O) groups is 2. The van der Waals surface area contributed by atoms with E-state index in [4.69, 9.17) is 4.74 Å². The largest absolute Gasteiger partial charge is 0.462 e. The van der Waals surface area contributed by atoms with Crippen LogP contribution in [0.2, 0.25) is 0 Å². The van der Waals surface area contributed by atoms with Gasteiger partial charge in [-0.25, -0.2) is 9.59 Å². The number of carbonyl (C=O) groups excluding carboxylic acids is 2. The molecule has 0 aliphatic carbocycles. The SMILES string of the molecule is C=COC(=O)c1ccccc1.CCOC(=O)c1ccccc1. The molecule has 0 N–H and O–H groups in total. The van der Waals surface area contributed by atoms with Crippen LogP contribution in [-0.2, 0) is 9.47 Å². The molecule has 0 amide bonds. The van der Waals surface area contributed by atoms with E-state index in [0.29, 0.717) is 17.7 Å². The molecule has 0 saturated carbocycles. The second-order valence-corrected chi connectivity index (χ2v) is 4.02. The lowest BCUT2D eigenvalue weighted by Crippen LogP contribution is -2.03. The van der Waals surface area contributed by atoms with Gasteiger partial charge in [-0.3, -0.25) is 0 Å². The fourth-order valence-electron chi connectivity index (χ4n) is 1.51. The van der Waals surface area contributed by atoms with E-state index in [9.17, 15) is 9.59 Å². The standard InChI is InChI=1S/C9H10O2.C9H8O2/c2*1-2-11-9(10)8-6-4-3-5-7-8/h3-7H,2H2,1H3;2-7H,1H2. The van der Waals surface area contributed by atoms with Gasteiger partial charge in [0.25, 0.3) is 0 Å². The minimum absolute atomic E-state index is 0.256. The fraction of sp³-hybridized carbons (Fsp3) is 0.111. The third kappa shape index (κ3) is 6.05. The van der Waals surface area contributed by atoms with Crippen LogP contribution in [0.4, 0.5) is 0 Å². The number of hydrogen-bond donors (Lipinski definition) is 0. The van der Waals surface area contributed by atoms with Crippen LogP contribution in [0.5, 0.6) is 0 Å². The van der Waals surface area contributed by atoms with Crippen LogP contribution in [-0.4, -0.2) is 18.5 Å². The van der Waals surface area contributed by atoms with Crippen molar-refractivity contribution in [3.05, 3.63) is 84.6 Å². The first kappa shape index (κ1) is 17.2. The van der Waals surface area contributed by atoms with E-state index in [-0.39, 0.29) is 11.9 Å². The van der Waals surface area contributed by atoms with Crippen molar-refractivity contribution in [3.8, 4) is 0 Å². The molecule has 4 heteroatoms. The molecule has 0 radical (unpaired) electrons. The average Bonchev–Trinajstić information content (AvgIpc) is 2.57. The summed E-state index contributed by atoms with van der Waals surface area (Å²) in [7, 11) is 0. The third-order valence-electron chi connectivity index (χ3n) is 2.48. The van der Waals surface area contributed by atoms with E-state index in [1.54, 1.807) is 43.3 Å². The summed E-state index contributed by atoms with van der Waals surface area (Å²) in [6, 6.07) is 17.7. The number of ether oxygens (including phenoxy) is 2. The number of hydrogen-bond acceptors (Lipinski definition) is 4. The predicted molar refractivity (Wildman–Crippen MR) is 84.5 cm³/mol. The minimum Gasteiger partial charge on any atom is -0.462 e. The molecule has 0 atom stereocenters. The van der Waals surface area contributed by atoms with E-state index in [2.05, 4.69) is 11.3 Å². The van der Waals surface area contributed by atoms with Crippen molar-refractivity contribution in [3.63, 3.8) is 0 Å². The molecule has 0 aliphatic rings. The summed E-state index contributed by atoms with van der Waals surface area (Å²) >= 11 is 0. The molecular formula is C18H18O4. The van der Waals surface area contributed by atoms with Crippen molar-refractivity contribution in [2.24, 2.45) is 0 Å². The predicted octanol–water partition coefficient (Wildman–Crippen LogP) is 3.85. The van der Waals surface area contributed by atoms with E-state index in [1.807, 2.05) is 24.3 Å². The molecule has 0 bridgehead atoms. The van der Waals surface area contributed by atoms with Crippen LogP contribution >= 0.6 is 0 Å². The molecule has 0 heterocycles. The maximum Gasteiger partial charge on any atom is 0.342 e. The monoisotopic (exact) mass is 298 g/mol. The van der Waals surface area contributed by atoms with Crippen molar-refractivity contribution in [2.75, 3.05) is 6.61 Å². The van der Waals surface area contributed by atoms with Crippen molar-refractivity contribution < 1.29 is 19.1 Å². The molecule has 114 valence electrons. The number of rotatable bonds is 4. The Morgan fingerprint density at radius 1 is 0.909 bits per heavy atom. The highest BCUT2D eigenvalue weighted by molar-refractivity contribution is 5.89. The molecule has 0 fully saturated rings. The van der Waals surface area contributed by atoms with Gasteiger partial charge in [-0.15, -0.1) is 0 Å². The highest BCUT2D eigenvalue weighted by atomic mass is 16.5. The molecule has 2 aromatic rings. The Bertz CT molecular complexity index is 591.